The van der Waals surface area contributed by atoms with E-state index in [9.17, 15) is 4.79 Å². The first-order chi connectivity index (χ1) is 19.5. The number of nitrogens with one attached hydrogen (secondary N) is 1. The summed E-state index contributed by atoms with van der Waals surface area (Å²) in [5.41, 5.74) is 4.06. The van der Waals surface area contributed by atoms with Crippen molar-refractivity contribution in [2.45, 2.75) is 45.1 Å². The summed E-state index contributed by atoms with van der Waals surface area (Å²) in [5.74, 6) is 2.07. The number of aliphatic imine (C=N–C) groups is 1. The number of carbonyl (C=O) groups is 1. The van der Waals surface area contributed by atoms with E-state index in [0.29, 0.717) is 31.8 Å². The van der Waals surface area contributed by atoms with E-state index in [1.165, 1.54) is 6.08 Å². The van der Waals surface area contributed by atoms with Crippen LogP contribution in [0, 0.1) is 6.92 Å². The summed E-state index contributed by atoms with van der Waals surface area (Å²) in [6, 6.07) is 4.67. The van der Waals surface area contributed by atoms with Gasteiger partial charge < -0.3 is 24.6 Å². The SMILES string of the molecule is C=CC(=O)N1CC(N2CCCC(c3ccc(OC/C(C(=NC)NCC)=C(/C=C)N4CCOCC4)c(C)n3)CC2)C1. The first-order valence-corrected chi connectivity index (χ1v) is 14.6. The Morgan fingerprint density at radius 3 is 2.58 bits per heavy atom. The van der Waals surface area contributed by atoms with Crippen LogP contribution in [-0.2, 0) is 9.53 Å². The number of amides is 1. The lowest BCUT2D eigenvalue weighted by molar-refractivity contribution is -0.133. The second kappa shape index (κ2) is 14.5. The van der Waals surface area contributed by atoms with E-state index in [2.05, 4.69) is 52.3 Å². The average molecular weight is 551 g/mol. The highest BCUT2D eigenvalue weighted by Gasteiger charge is 2.35. The summed E-state index contributed by atoms with van der Waals surface area (Å²) in [6.07, 6.45) is 6.65. The second-order valence-corrected chi connectivity index (χ2v) is 10.6. The predicted octanol–water partition coefficient (Wildman–Crippen LogP) is 3.15. The number of rotatable bonds is 10. The highest BCUT2D eigenvalue weighted by Crippen LogP contribution is 2.31. The molecule has 3 saturated heterocycles. The normalized spacial score (nSPS) is 21.7. The van der Waals surface area contributed by atoms with Crippen molar-refractivity contribution in [2.75, 3.05) is 72.7 Å². The summed E-state index contributed by atoms with van der Waals surface area (Å²) in [5, 5.41) is 3.39. The van der Waals surface area contributed by atoms with Gasteiger partial charge in [0, 0.05) is 63.1 Å². The van der Waals surface area contributed by atoms with Crippen LogP contribution in [0.15, 0.2) is 53.7 Å². The fraction of sp³-hybridized carbons (Fsp3) is 0.581. The molecule has 0 aromatic carbocycles. The lowest BCUT2D eigenvalue weighted by atomic mass is 9.96. The zero-order valence-corrected chi connectivity index (χ0v) is 24.5. The number of amidine groups is 1. The number of likely N-dealkylation sites (N-methyl/N-ethyl adjacent to an activating group) is 1. The zero-order valence-electron chi connectivity index (χ0n) is 24.5. The topological polar surface area (TPSA) is 82.5 Å². The first-order valence-electron chi connectivity index (χ1n) is 14.6. The number of nitrogens with zero attached hydrogens (tertiary/aromatic N) is 5. The number of morpholine rings is 1. The maximum Gasteiger partial charge on any atom is 0.246 e. The Labute approximate surface area is 239 Å². The van der Waals surface area contributed by atoms with Crippen LogP contribution in [0.4, 0.5) is 0 Å². The van der Waals surface area contributed by atoms with Gasteiger partial charge in [0.2, 0.25) is 5.91 Å². The molecule has 218 valence electrons. The molecule has 3 aliphatic heterocycles. The molecule has 1 unspecified atom stereocenters. The largest absolute Gasteiger partial charge is 0.487 e. The highest BCUT2D eigenvalue weighted by molar-refractivity contribution is 5.99. The molecule has 0 saturated carbocycles. The molecule has 1 aromatic rings. The van der Waals surface area contributed by atoms with Crippen molar-refractivity contribution in [2.24, 2.45) is 4.99 Å². The molecule has 4 heterocycles. The van der Waals surface area contributed by atoms with Gasteiger partial charge in [-0.05, 0) is 70.5 Å². The molecule has 0 spiro atoms. The molecule has 3 fully saturated rings. The van der Waals surface area contributed by atoms with Crippen molar-refractivity contribution >= 4 is 11.7 Å². The van der Waals surface area contributed by atoms with Gasteiger partial charge in [-0.25, -0.2) is 0 Å². The number of pyridine rings is 1. The third-order valence-electron chi connectivity index (χ3n) is 8.18. The standard InChI is InChI=1S/C31H46N6O3/c1-6-28(36-16-18-39-19-17-36)26(31(32-5)33-8-3)22-40-29-12-11-27(34-23(29)4)24-10-9-14-35(15-13-24)25-20-37(21-25)30(38)7-2/h6-7,11-12,24-25H,1-2,8-10,13-22H2,3-5H3,(H,32,33)/b28-26+. The fourth-order valence-corrected chi connectivity index (χ4v) is 5.87. The number of allylic oxidation sites excluding steroid dienone is 1. The van der Waals surface area contributed by atoms with Crippen LogP contribution in [0.1, 0.15) is 43.5 Å². The molecule has 9 heteroatoms. The van der Waals surface area contributed by atoms with Gasteiger partial charge in [0.1, 0.15) is 18.2 Å². The smallest absolute Gasteiger partial charge is 0.246 e. The summed E-state index contributed by atoms with van der Waals surface area (Å²) in [6.45, 7) is 19.7. The molecule has 0 radical (unpaired) electrons. The van der Waals surface area contributed by atoms with E-state index in [1.54, 1.807) is 7.05 Å². The number of hydrogen-bond acceptors (Lipinski definition) is 7. The van der Waals surface area contributed by atoms with Crippen LogP contribution >= 0.6 is 0 Å². The Kier molecular flexibility index (Phi) is 10.8. The monoisotopic (exact) mass is 550 g/mol. The van der Waals surface area contributed by atoms with Gasteiger partial charge >= 0.3 is 0 Å². The van der Waals surface area contributed by atoms with Gasteiger partial charge in [0.15, 0.2) is 0 Å². The van der Waals surface area contributed by atoms with Crippen LogP contribution in [0.2, 0.25) is 0 Å². The van der Waals surface area contributed by atoms with Crippen molar-refractivity contribution in [3.63, 3.8) is 0 Å². The molecule has 40 heavy (non-hydrogen) atoms. The summed E-state index contributed by atoms with van der Waals surface area (Å²) in [7, 11) is 1.80. The Morgan fingerprint density at radius 2 is 1.93 bits per heavy atom. The van der Waals surface area contributed by atoms with E-state index in [-0.39, 0.29) is 5.91 Å². The Balaban J connectivity index is 1.41. The van der Waals surface area contributed by atoms with Crippen LogP contribution in [0.3, 0.4) is 0 Å². The highest BCUT2D eigenvalue weighted by atomic mass is 16.5. The number of aryl methyl sites for hydroxylation is 1. The minimum Gasteiger partial charge on any atom is -0.487 e. The van der Waals surface area contributed by atoms with E-state index in [4.69, 9.17) is 14.5 Å². The van der Waals surface area contributed by atoms with Gasteiger partial charge in [-0.1, -0.05) is 13.2 Å². The first kappa shape index (κ1) is 29.8. The average Bonchev–Trinajstić information content (AvgIpc) is 3.20. The molecule has 0 bridgehead atoms. The number of ether oxygens (including phenoxy) is 2. The summed E-state index contributed by atoms with van der Waals surface area (Å²) >= 11 is 0. The van der Waals surface area contributed by atoms with Crippen molar-refractivity contribution in [1.82, 2.24) is 25.0 Å². The molecule has 4 rings (SSSR count). The van der Waals surface area contributed by atoms with E-state index < -0.39 is 0 Å². The Morgan fingerprint density at radius 1 is 1.15 bits per heavy atom. The minimum absolute atomic E-state index is 0.0372. The third kappa shape index (κ3) is 7.12. The molecule has 3 aliphatic rings. The number of hydrogen-bond donors (Lipinski definition) is 1. The molecule has 1 N–H and O–H groups in total. The Hall–Kier alpha value is -3.17. The molecule has 0 aliphatic carbocycles. The van der Waals surface area contributed by atoms with Crippen LogP contribution in [0.5, 0.6) is 5.75 Å². The van der Waals surface area contributed by atoms with Crippen LogP contribution < -0.4 is 10.1 Å². The molecule has 1 aromatic heterocycles. The van der Waals surface area contributed by atoms with Crippen LogP contribution in [0.25, 0.3) is 0 Å². The van der Waals surface area contributed by atoms with E-state index >= 15 is 0 Å². The summed E-state index contributed by atoms with van der Waals surface area (Å²) in [4.78, 5) is 28.1. The van der Waals surface area contributed by atoms with Gasteiger partial charge in [-0.3, -0.25) is 19.7 Å². The predicted molar refractivity (Wildman–Crippen MR) is 160 cm³/mol. The van der Waals surface area contributed by atoms with Crippen molar-refractivity contribution in [3.05, 3.63) is 60.1 Å². The maximum atomic E-state index is 11.8. The number of carbonyl (C=O) groups excluding carboxylic acids is 1. The quantitative estimate of drug-likeness (QED) is 0.207. The van der Waals surface area contributed by atoms with Gasteiger partial charge in [0.05, 0.1) is 24.5 Å². The minimum atomic E-state index is 0.0372. The lowest BCUT2D eigenvalue weighted by Crippen LogP contribution is -2.60. The fourth-order valence-electron chi connectivity index (χ4n) is 5.87. The van der Waals surface area contributed by atoms with Gasteiger partial charge in [0.25, 0.3) is 0 Å². The van der Waals surface area contributed by atoms with Crippen molar-refractivity contribution in [1.29, 1.82) is 0 Å². The molecular weight excluding hydrogens is 504 g/mol. The molecule has 1 atom stereocenters. The lowest BCUT2D eigenvalue weighted by Gasteiger charge is -2.44. The zero-order chi connectivity index (χ0) is 28.5. The Bertz CT molecular complexity index is 1100. The van der Waals surface area contributed by atoms with Crippen LogP contribution in [-0.4, -0.2) is 110 Å². The van der Waals surface area contributed by atoms with Crippen molar-refractivity contribution < 1.29 is 14.3 Å². The third-order valence-corrected chi connectivity index (χ3v) is 8.18. The number of likely N-dealkylation sites (tertiary alicyclic amines) is 2. The molecular formula is C31H46N6O3. The van der Waals surface area contributed by atoms with Gasteiger partial charge in [-0.2, -0.15) is 0 Å². The van der Waals surface area contributed by atoms with Crippen molar-refractivity contribution in [3.8, 4) is 5.75 Å². The van der Waals surface area contributed by atoms with E-state index in [0.717, 1.165) is 99.3 Å². The molecule has 9 nitrogen and oxygen atoms in total. The molecule has 1 amide bonds. The maximum absolute atomic E-state index is 11.8. The second-order valence-electron chi connectivity index (χ2n) is 10.6. The van der Waals surface area contributed by atoms with E-state index in [1.807, 2.05) is 17.9 Å². The number of aromatic nitrogens is 1. The summed E-state index contributed by atoms with van der Waals surface area (Å²) < 4.78 is 11.9. The van der Waals surface area contributed by atoms with Gasteiger partial charge in [-0.15, -0.1) is 0 Å².